The molecule has 0 saturated carbocycles. The van der Waals surface area contributed by atoms with Gasteiger partial charge in [0.1, 0.15) is 0 Å². The van der Waals surface area contributed by atoms with Gasteiger partial charge in [-0.1, -0.05) is 6.92 Å². The average molecular weight is 329 g/mol. The zero-order chi connectivity index (χ0) is 16.9. The first-order valence-electron chi connectivity index (χ1n) is 9.13. The van der Waals surface area contributed by atoms with E-state index in [4.69, 9.17) is 0 Å². The zero-order valence-corrected chi connectivity index (χ0v) is 14.5. The van der Waals surface area contributed by atoms with Crippen LogP contribution in [0.15, 0.2) is 24.3 Å². The first-order valence-corrected chi connectivity index (χ1v) is 9.13. The van der Waals surface area contributed by atoms with Gasteiger partial charge in [-0.25, -0.2) is 0 Å². The Kier molecular flexibility index (Phi) is 5.51. The summed E-state index contributed by atoms with van der Waals surface area (Å²) in [6.45, 7) is 5.66. The molecule has 0 spiro atoms. The van der Waals surface area contributed by atoms with Gasteiger partial charge in [-0.3, -0.25) is 9.59 Å². The molecular formula is C19H27N3O2. The van der Waals surface area contributed by atoms with E-state index in [9.17, 15) is 9.59 Å². The van der Waals surface area contributed by atoms with Crippen molar-refractivity contribution in [3.8, 4) is 0 Å². The minimum absolute atomic E-state index is 0.114. The Balaban J connectivity index is 1.73. The molecule has 1 N–H and O–H groups in total. The van der Waals surface area contributed by atoms with Gasteiger partial charge in [0.15, 0.2) is 0 Å². The van der Waals surface area contributed by atoms with E-state index in [1.807, 2.05) is 34.1 Å². The molecule has 130 valence electrons. The molecule has 2 aliphatic rings. The maximum absolute atomic E-state index is 13.0. The van der Waals surface area contributed by atoms with Crippen LogP contribution >= 0.6 is 0 Å². The van der Waals surface area contributed by atoms with Crippen LogP contribution in [0.25, 0.3) is 0 Å². The Morgan fingerprint density at radius 3 is 2.54 bits per heavy atom. The highest BCUT2D eigenvalue weighted by Gasteiger charge is 2.26. The van der Waals surface area contributed by atoms with Gasteiger partial charge in [0.05, 0.1) is 0 Å². The van der Waals surface area contributed by atoms with Crippen LogP contribution in [0.5, 0.6) is 0 Å². The van der Waals surface area contributed by atoms with Crippen LogP contribution < -0.4 is 10.2 Å². The van der Waals surface area contributed by atoms with Crippen molar-refractivity contribution in [3.63, 3.8) is 0 Å². The molecular weight excluding hydrogens is 302 g/mol. The van der Waals surface area contributed by atoms with E-state index in [0.717, 1.165) is 63.1 Å². The number of carbonyl (C=O) groups is 2. The minimum atomic E-state index is 0.114. The fourth-order valence-electron chi connectivity index (χ4n) is 3.68. The van der Waals surface area contributed by atoms with Crippen molar-refractivity contribution in [3.05, 3.63) is 29.8 Å². The van der Waals surface area contributed by atoms with Crippen LogP contribution in [-0.2, 0) is 4.79 Å². The van der Waals surface area contributed by atoms with Gasteiger partial charge in [0, 0.05) is 36.8 Å². The first kappa shape index (κ1) is 17.0. The van der Waals surface area contributed by atoms with E-state index in [-0.39, 0.29) is 11.8 Å². The maximum Gasteiger partial charge on any atom is 0.254 e. The summed E-state index contributed by atoms with van der Waals surface area (Å²) in [5.41, 5.74) is 1.62. The molecule has 2 heterocycles. The first-order chi connectivity index (χ1) is 11.7. The van der Waals surface area contributed by atoms with Gasteiger partial charge in [-0.15, -0.1) is 0 Å². The van der Waals surface area contributed by atoms with Crippen molar-refractivity contribution in [2.75, 3.05) is 31.1 Å². The lowest BCUT2D eigenvalue weighted by Crippen LogP contribution is -2.46. The number of carbonyl (C=O) groups excluding carboxylic acids is 2. The van der Waals surface area contributed by atoms with Crippen molar-refractivity contribution in [1.82, 2.24) is 10.2 Å². The van der Waals surface area contributed by atoms with Gasteiger partial charge in [0.2, 0.25) is 5.91 Å². The molecule has 24 heavy (non-hydrogen) atoms. The second-order valence-corrected chi connectivity index (χ2v) is 6.68. The van der Waals surface area contributed by atoms with Gasteiger partial charge < -0.3 is 15.1 Å². The van der Waals surface area contributed by atoms with Crippen molar-refractivity contribution in [1.29, 1.82) is 0 Å². The van der Waals surface area contributed by atoms with E-state index >= 15 is 0 Å². The molecule has 0 aromatic heterocycles. The fourth-order valence-corrected chi connectivity index (χ4v) is 3.68. The van der Waals surface area contributed by atoms with Crippen molar-refractivity contribution < 1.29 is 9.59 Å². The van der Waals surface area contributed by atoms with Crippen molar-refractivity contribution >= 4 is 17.5 Å². The Labute approximate surface area is 144 Å². The number of piperidine rings is 1. The zero-order valence-electron chi connectivity index (χ0n) is 14.5. The molecule has 2 amide bonds. The third-order valence-corrected chi connectivity index (χ3v) is 4.97. The number of nitrogens with one attached hydrogen (secondary N) is 1. The largest absolute Gasteiger partial charge is 0.336 e. The number of benzene rings is 1. The lowest BCUT2D eigenvalue weighted by molar-refractivity contribution is -0.117. The van der Waals surface area contributed by atoms with Crippen LogP contribution in [0.4, 0.5) is 5.69 Å². The lowest BCUT2D eigenvalue weighted by Gasteiger charge is -2.34. The highest BCUT2D eigenvalue weighted by atomic mass is 16.2. The minimum Gasteiger partial charge on any atom is -0.336 e. The Morgan fingerprint density at radius 2 is 1.96 bits per heavy atom. The van der Waals surface area contributed by atoms with E-state index in [1.165, 1.54) is 0 Å². The summed E-state index contributed by atoms with van der Waals surface area (Å²) in [5, 5.41) is 3.36. The number of hydrogen-bond acceptors (Lipinski definition) is 3. The van der Waals surface area contributed by atoms with Crippen molar-refractivity contribution in [2.24, 2.45) is 0 Å². The van der Waals surface area contributed by atoms with Gasteiger partial charge in [0.25, 0.3) is 5.91 Å². The summed E-state index contributed by atoms with van der Waals surface area (Å²) >= 11 is 0. The van der Waals surface area contributed by atoms with E-state index in [1.54, 1.807) is 0 Å². The summed E-state index contributed by atoms with van der Waals surface area (Å²) in [6, 6.07) is 7.88. The molecule has 0 bridgehead atoms. The van der Waals surface area contributed by atoms with Gasteiger partial charge >= 0.3 is 0 Å². The normalized spacial score (nSPS) is 18.9. The van der Waals surface area contributed by atoms with Crippen LogP contribution in [0, 0.1) is 0 Å². The highest BCUT2D eigenvalue weighted by Crippen LogP contribution is 2.23. The molecule has 1 aromatic rings. The molecule has 2 saturated heterocycles. The summed E-state index contributed by atoms with van der Waals surface area (Å²) in [7, 11) is 0. The molecule has 0 unspecified atom stereocenters. The molecule has 0 aliphatic carbocycles. The SMILES string of the molecule is CCCN(C(=O)c1ccc(N2CCCC2=O)cc1)C1CCNCC1. The predicted octanol–water partition coefficient (Wildman–Crippen LogP) is 2.42. The second kappa shape index (κ2) is 7.79. The summed E-state index contributed by atoms with van der Waals surface area (Å²) in [4.78, 5) is 28.6. The number of anilines is 1. The lowest BCUT2D eigenvalue weighted by atomic mass is 10.0. The second-order valence-electron chi connectivity index (χ2n) is 6.68. The van der Waals surface area contributed by atoms with E-state index in [2.05, 4.69) is 12.2 Å². The maximum atomic E-state index is 13.0. The van der Waals surface area contributed by atoms with Crippen molar-refractivity contribution in [2.45, 2.75) is 45.1 Å². The van der Waals surface area contributed by atoms with E-state index in [0.29, 0.717) is 12.5 Å². The van der Waals surface area contributed by atoms with Crippen LogP contribution in [0.3, 0.4) is 0 Å². The third-order valence-electron chi connectivity index (χ3n) is 4.97. The van der Waals surface area contributed by atoms with Crippen LogP contribution in [0.2, 0.25) is 0 Å². The Bertz CT molecular complexity index is 579. The molecule has 0 radical (unpaired) electrons. The molecule has 2 aliphatic heterocycles. The Morgan fingerprint density at radius 1 is 1.25 bits per heavy atom. The fraction of sp³-hybridized carbons (Fsp3) is 0.579. The number of hydrogen-bond donors (Lipinski definition) is 1. The molecule has 0 atom stereocenters. The monoisotopic (exact) mass is 329 g/mol. The third kappa shape index (κ3) is 3.61. The summed E-state index contributed by atoms with van der Waals surface area (Å²) < 4.78 is 0. The molecule has 5 heteroatoms. The average Bonchev–Trinajstić information content (AvgIpc) is 3.06. The number of amides is 2. The summed E-state index contributed by atoms with van der Waals surface area (Å²) in [5.74, 6) is 0.291. The van der Waals surface area contributed by atoms with Crippen LogP contribution in [-0.4, -0.2) is 48.9 Å². The van der Waals surface area contributed by atoms with E-state index < -0.39 is 0 Å². The standard InChI is InChI=1S/C19H27N3O2/c1-2-13-22(17-9-11-20-12-10-17)19(24)15-5-7-16(8-6-15)21-14-3-4-18(21)23/h5-8,17,20H,2-4,9-14H2,1H3. The highest BCUT2D eigenvalue weighted by molar-refractivity contribution is 5.97. The molecule has 2 fully saturated rings. The number of nitrogens with zero attached hydrogens (tertiary/aromatic N) is 2. The smallest absolute Gasteiger partial charge is 0.254 e. The molecule has 3 rings (SSSR count). The van der Waals surface area contributed by atoms with Gasteiger partial charge in [-0.05, 0) is 63.0 Å². The molecule has 1 aromatic carbocycles. The summed E-state index contributed by atoms with van der Waals surface area (Å²) in [6.07, 6.45) is 4.55. The van der Waals surface area contributed by atoms with Gasteiger partial charge in [-0.2, -0.15) is 0 Å². The molecule has 5 nitrogen and oxygen atoms in total. The Hall–Kier alpha value is -1.88. The number of rotatable bonds is 5. The topological polar surface area (TPSA) is 52.7 Å². The predicted molar refractivity (Wildman–Crippen MR) is 95.2 cm³/mol. The quantitative estimate of drug-likeness (QED) is 0.902. The van der Waals surface area contributed by atoms with Crippen LogP contribution in [0.1, 0.15) is 49.4 Å².